The van der Waals surface area contributed by atoms with Gasteiger partial charge >= 0.3 is 6.09 Å². The predicted octanol–water partition coefficient (Wildman–Crippen LogP) is 4.82. The van der Waals surface area contributed by atoms with E-state index in [9.17, 15) is 9.59 Å². The second-order valence-electron chi connectivity index (χ2n) is 10.6. The Morgan fingerprint density at radius 1 is 1.17 bits per heavy atom. The van der Waals surface area contributed by atoms with Crippen LogP contribution in [0.4, 0.5) is 4.79 Å². The van der Waals surface area contributed by atoms with Gasteiger partial charge in [-0.3, -0.25) is 4.79 Å². The van der Waals surface area contributed by atoms with Gasteiger partial charge in [-0.25, -0.2) is 4.79 Å². The summed E-state index contributed by atoms with van der Waals surface area (Å²) in [4.78, 5) is 29.5. The minimum Gasteiger partial charge on any atom is -0.444 e. The van der Waals surface area contributed by atoms with Crippen LogP contribution in [0.2, 0.25) is 0 Å². The summed E-state index contributed by atoms with van der Waals surface area (Å²) in [5.41, 5.74) is 0.939. The van der Waals surface area contributed by atoms with E-state index in [4.69, 9.17) is 4.74 Å². The van der Waals surface area contributed by atoms with Gasteiger partial charge in [0.15, 0.2) is 0 Å². The quantitative estimate of drug-likeness (QED) is 0.715. The van der Waals surface area contributed by atoms with Gasteiger partial charge in [0.2, 0.25) is 5.91 Å². The summed E-state index contributed by atoms with van der Waals surface area (Å²) in [5, 5.41) is 0. The lowest BCUT2D eigenvalue weighted by molar-refractivity contribution is -0.129. The molecular weight excluding hydrogens is 376 g/mol. The number of piperidine rings is 1. The smallest absolute Gasteiger partial charge is 0.410 e. The lowest BCUT2D eigenvalue weighted by atomic mass is 9.69. The van der Waals surface area contributed by atoms with Crippen molar-refractivity contribution in [3.8, 4) is 0 Å². The van der Waals surface area contributed by atoms with E-state index in [1.54, 1.807) is 0 Å². The molecule has 1 aromatic carbocycles. The Kier molecular flexibility index (Phi) is 5.82. The molecule has 5 heteroatoms. The summed E-state index contributed by atoms with van der Waals surface area (Å²) in [6.45, 7) is 8.93. The monoisotopic (exact) mass is 412 g/mol. The van der Waals surface area contributed by atoms with Gasteiger partial charge < -0.3 is 14.5 Å². The molecule has 2 aliphatic heterocycles. The fourth-order valence-corrected chi connectivity index (χ4v) is 5.78. The Morgan fingerprint density at radius 2 is 1.87 bits per heavy atom. The second-order valence-corrected chi connectivity index (χ2v) is 10.6. The average molecular weight is 413 g/mol. The molecule has 1 spiro atoms. The van der Waals surface area contributed by atoms with Crippen molar-refractivity contribution in [3.63, 3.8) is 0 Å². The van der Waals surface area contributed by atoms with Crippen molar-refractivity contribution in [1.82, 2.24) is 9.80 Å². The number of rotatable bonds is 3. The van der Waals surface area contributed by atoms with Crippen LogP contribution in [0.3, 0.4) is 0 Å². The van der Waals surface area contributed by atoms with Crippen molar-refractivity contribution in [3.05, 3.63) is 35.9 Å². The van der Waals surface area contributed by atoms with E-state index in [-0.39, 0.29) is 17.4 Å². The highest BCUT2D eigenvalue weighted by Crippen LogP contribution is 2.49. The summed E-state index contributed by atoms with van der Waals surface area (Å²) in [6.07, 6.45) is 6.14. The van der Waals surface area contributed by atoms with Gasteiger partial charge in [0.05, 0.1) is 0 Å². The SMILES string of the molecule is CC(C)(C)OC(=O)N1CCC(CN2C[C@H](c3ccccc3)CC2=O)C2(CCCC2)C1. The number of amides is 2. The molecule has 0 radical (unpaired) electrons. The number of likely N-dealkylation sites (tertiary alicyclic amines) is 2. The summed E-state index contributed by atoms with van der Waals surface area (Å²) in [7, 11) is 0. The fraction of sp³-hybridized carbons (Fsp3) is 0.680. The first-order valence-corrected chi connectivity index (χ1v) is 11.6. The van der Waals surface area contributed by atoms with E-state index < -0.39 is 5.60 Å². The molecule has 30 heavy (non-hydrogen) atoms. The predicted molar refractivity (Wildman–Crippen MR) is 117 cm³/mol. The molecule has 1 aliphatic carbocycles. The number of benzene rings is 1. The second kappa shape index (κ2) is 8.24. The van der Waals surface area contributed by atoms with Crippen LogP contribution in [-0.2, 0) is 9.53 Å². The zero-order chi connectivity index (χ0) is 21.4. The highest BCUT2D eigenvalue weighted by Gasteiger charge is 2.48. The number of nitrogens with zero attached hydrogens (tertiary/aromatic N) is 2. The molecule has 0 N–H and O–H groups in total. The molecular formula is C25H36N2O3. The third-order valence-corrected chi connectivity index (χ3v) is 7.30. The zero-order valence-corrected chi connectivity index (χ0v) is 18.7. The van der Waals surface area contributed by atoms with E-state index in [1.807, 2.05) is 31.7 Å². The van der Waals surface area contributed by atoms with Gasteiger partial charge in [-0.05, 0) is 56.9 Å². The van der Waals surface area contributed by atoms with Gasteiger partial charge in [-0.1, -0.05) is 43.2 Å². The molecule has 1 aromatic rings. The summed E-state index contributed by atoms with van der Waals surface area (Å²) >= 11 is 0. The first kappa shape index (κ1) is 21.2. The summed E-state index contributed by atoms with van der Waals surface area (Å²) in [6, 6.07) is 10.4. The van der Waals surface area contributed by atoms with E-state index in [0.29, 0.717) is 18.3 Å². The standard InChI is InChI=1S/C25H36N2O3/c1-24(2,3)30-23(29)26-14-11-21(25(18-26)12-7-8-13-25)17-27-16-20(15-22(27)28)19-9-5-4-6-10-19/h4-6,9-10,20-21H,7-8,11-18H2,1-3H3/t20-,21?/m1/s1. The Labute approximate surface area is 180 Å². The third-order valence-electron chi connectivity index (χ3n) is 7.30. The van der Waals surface area contributed by atoms with Gasteiger partial charge in [-0.2, -0.15) is 0 Å². The van der Waals surface area contributed by atoms with Crippen molar-refractivity contribution < 1.29 is 14.3 Å². The van der Waals surface area contributed by atoms with E-state index in [1.165, 1.54) is 18.4 Å². The molecule has 0 aromatic heterocycles. The van der Waals surface area contributed by atoms with Crippen LogP contribution in [-0.4, -0.2) is 53.6 Å². The molecule has 3 fully saturated rings. The summed E-state index contributed by atoms with van der Waals surface area (Å²) < 4.78 is 5.65. The average Bonchev–Trinajstić information content (AvgIpc) is 3.30. The van der Waals surface area contributed by atoms with Crippen LogP contribution < -0.4 is 0 Å². The van der Waals surface area contributed by atoms with E-state index >= 15 is 0 Å². The molecule has 5 nitrogen and oxygen atoms in total. The lowest BCUT2D eigenvalue weighted by Crippen LogP contribution is -2.53. The van der Waals surface area contributed by atoms with Crippen LogP contribution >= 0.6 is 0 Å². The number of hydrogen-bond acceptors (Lipinski definition) is 3. The van der Waals surface area contributed by atoms with Crippen molar-refractivity contribution in [2.75, 3.05) is 26.2 Å². The van der Waals surface area contributed by atoms with Crippen molar-refractivity contribution >= 4 is 12.0 Å². The number of ether oxygens (including phenoxy) is 1. The van der Waals surface area contributed by atoms with Crippen LogP contribution in [0.1, 0.15) is 70.8 Å². The van der Waals surface area contributed by atoms with E-state index in [2.05, 4.69) is 29.2 Å². The molecule has 4 rings (SSSR count). The van der Waals surface area contributed by atoms with Gasteiger partial charge in [0.25, 0.3) is 0 Å². The maximum absolute atomic E-state index is 12.8. The maximum atomic E-state index is 12.8. The third kappa shape index (κ3) is 4.50. The molecule has 3 aliphatic rings. The number of carbonyl (C=O) groups is 2. The van der Waals surface area contributed by atoms with Crippen LogP contribution in [0, 0.1) is 11.3 Å². The highest BCUT2D eigenvalue weighted by molar-refractivity contribution is 5.79. The van der Waals surface area contributed by atoms with Crippen LogP contribution in [0.25, 0.3) is 0 Å². The Morgan fingerprint density at radius 3 is 2.53 bits per heavy atom. The molecule has 1 unspecified atom stereocenters. The van der Waals surface area contributed by atoms with Crippen molar-refractivity contribution in [2.45, 2.75) is 70.8 Å². The van der Waals surface area contributed by atoms with Crippen LogP contribution in [0.15, 0.2) is 30.3 Å². The minimum atomic E-state index is -0.467. The zero-order valence-electron chi connectivity index (χ0n) is 18.7. The minimum absolute atomic E-state index is 0.139. The molecule has 2 amide bonds. The van der Waals surface area contributed by atoms with Gasteiger partial charge in [-0.15, -0.1) is 0 Å². The number of hydrogen-bond donors (Lipinski definition) is 0. The fourth-order valence-electron chi connectivity index (χ4n) is 5.78. The molecule has 1 saturated carbocycles. The lowest BCUT2D eigenvalue weighted by Gasteiger charge is -2.47. The largest absolute Gasteiger partial charge is 0.444 e. The molecule has 2 saturated heterocycles. The Balaban J connectivity index is 1.43. The maximum Gasteiger partial charge on any atom is 0.410 e. The molecule has 0 bridgehead atoms. The van der Waals surface area contributed by atoms with E-state index in [0.717, 1.165) is 45.4 Å². The molecule has 2 atom stereocenters. The Bertz CT molecular complexity index is 764. The van der Waals surface area contributed by atoms with Crippen molar-refractivity contribution in [2.24, 2.45) is 11.3 Å². The van der Waals surface area contributed by atoms with Gasteiger partial charge in [0, 0.05) is 38.5 Å². The van der Waals surface area contributed by atoms with Gasteiger partial charge in [0.1, 0.15) is 5.60 Å². The molecule has 164 valence electrons. The van der Waals surface area contributed by atoms with Crippen molar-refractivity contribution in [1.29, 1.82) is 0 Å². The molecule has 2 heterocycles. The topological polar surface area (TPSA) is 49.9 Å². The van der Waals surface area contributed by atoms with Crippen LogP contribution in [0.5, 0.6) is 0 Å². The first-order valence-electron chi connectivity index (χ1n) is 11.6. The summed E-state index contributed by atoms with van der Waals surface area (Å²) in [5.74, 6) is 1.06. The first-order chi connectivity index (χ1) is 14.3. The normalized spacial score (nSPS) is 26.4. The highest BCUT2D eigenvalue weighted by atomic mass is 16.6. The number of carbonyl (C=O) groups excluding carboxylic acids is 2. The Hall–Kier alpha value is -2.04.